The van der Waals surface area contributed by atoms with E-state index < -0.39 is 0 Å². The summed E-state index contributed by atoms with van der Waals surface area (Å²) in [5, 5.41) is 13.1. The molecular formula is C15H23N5O2. The average Bonchev–Trinajstić information content (AvgIpc) is 3.05. The number of rotatable bonds is 5. The zero-order valence-electron chi connectivity index (χ0n) is 12.8. The van der Waals surface area contributed by atoms with E-state index in [1.54, 1.807) is 19.4 Å². The number of hydrogen-bond donors (Lipinski definition) is 3. The number of anilines is 1. The minimum Gasteiger partial charge on any atom is -0.358 e. The molecule has 0 aromatic carbocycles. The second-order valence-electron chi connectivity index (χ2n) is 6.33. The highest BCUT2D eigenvalue weighted by Crippen LogP contribution is 2.32. The molecule has 0 spiro atoms. The van der Waals surface area contributed by atoms with Crippen LogP contribution in [0.1, 0.15) is 32.1 Å². The molecule has 22 heavy (non-hydrogen) atoms. The zero-order chi connectivity index (χ0) is 15.5. The Morgan fingerprint density at radius 1 is 1.32 bits per heavy atom. The third kappa shape index (κ3) is 3.65. The molecule has 1 aromatic heterocycles. The summed E-state index contributed by atoms with van der Waals surface area (Å²) in [6.45, 7) is 0.157. The number of amides is 2. The number of hydrogen-bond acceptors (Lipinski definition) is 4. The molecule has 2 amide bonds. The number of likely N-dealkylation sites (N-methyl/N-ethyl adjacent to an activating group) is 1. The molecule has 3 heterocycles. The monoisotopic (exact) mass is 305 g/mol. The van der Waals surface area contributed by atoms with Gasteiger partial charge in [-0.15, -0.1) is 0 Å². The van der Waals surface area contributed by atoms with Crippen molar-refractivity contribution in [2.75, 3.05) is 12.4 Å². The van der Waals surface area contributed by atoms with Crippen LogP contribution in [-0.2, 0) is 16.1 Å². The molecule has 7 heteroatoms. The summed E-state index contributed by atoms with van der Waals surface area (Å²) in [5.41, 5.74) is 0.644. The van der Waals surface area contributed by atoms with Crippen LogP contribution in [0, 0.1) is 5.92 Å². The minimum atomic E-state index is -0.119. The third-order valence-electron chi connectivity index (χ3n) is 4.55. The second-order valence-corrected chi connectivity index (χ2v) is 6.33. The predicted molar refractivity (Wildman–Crippen MR) is 82.2 cm³/mol. The molecular weight excluding hydrogens is 282 g/mol. The van der Waals surface area contributed by atoms with Crippen LogP contribution in [0.3, 0.4) is 0 Å². The van der Waals surface area contributed by atoms with Gasteiger partial charge in [0.2, 0.25) is 11.8 Å². The van der Waals surface area contributed by atoms with Gasteiger partial charge < -0.3 is 16.0 Å². The minimum absolute atomic E-state index is 0.0331. The topological polar surface area (TPSA) is 88.0 Å². The van der Waals surface area contributed by atoms with Gasteiger partial charge in [-0.3, -0.25) is 14.3 Å². The van der Waals surface area contributed by atoms with Gasteiger partial charge in [0.1, 0.15) is 6.54 Å². The number of aromatic nitrogens is 2. The summed E-state index contributed by atoms with van der Waals surface area (Å²) in [7, 11) is 1.58. The molecule has 2 saturated heterocycles. The van der Waals surface area contributed by atoms with E-state index in [1.165, 1.54) is 17.5 Å². The maximum absolute atomic E-state index is 12.2. The first-order valence-electron chi connectivity index (χ1n) is 7.91. The Bertz CT molecular complexity index is 544. The molecule has 120 valence electrons. The Morgan fingerprint density at radius 2 is 2.05 bits per heavy atom. The van der Waals surface area contributed by atoms with Gasteiger partial charge in [0.15, 0.2) is 0 Å². The van der Waals surface area contributed by atoms with E-state index >= 15 is 0 Å². The van der Waals surface area contributed by atoms with E-state index in [9.17, 15) is 9.59 Å². The van der Waals surface area contributed by atoms with Crippen LogP contribution < -0.4 is 16.0 Å². The van der Waals surface area contributed by atoms with Gasteiger partial charge in [-0.25, -0.2) is 0 Å². The Labute approximate surface area is 129 Å². The first kappa shape index (κ1) is 15.0. The van der Waals surface area contributed by atoms with E-state index in [1.807, 2.05) is 0 Å². The second kappa shape index (κ2) is 6.48. The van der Waals surface area contributed by atoms with Crippen LogP contribution in [-0.4, -0.2) is 40.7 Å². The molecule has 3 N–H and O–H groups in total. The van der Waals surface area contributed by atoms with Gasteiger partial charge in [0.25, 0.3) is 0 Å². The maximum Gasteiger partial charge on any atom is 0.241 e. The quantitative estimate of drug-likeness (QED) is 0.739. The van der Waals surface area contributed by atoms with Crippen molar-refractivity contribution in [2.24, 2.45) is 5.92 Å². The molecule has 0 aliphatic carbocycles. The fourth-order valence-corrected chi connectivity index (χ4v) is 3.56. The predicted octanol–water partition coefficient (Wildman–Crippen LogP) is 0.488. The molecule has 3 rings (SSSR count). The lowest BCUT2D eigenvalue weighted by Gasteiger charge is -2.28. The highest BCUT2D eigenvalue weighted by molar-refractivity contribution is 5.90. The number of fused-ring (bicyclic) bond motifs is 2. The number of piperidine rings is 1. The van der Waals surface area contributed by atoms with Crippen LogP contribution in [0.5, 0.6) is 0 Å². The zero-order valence-corrected chi connectivity index (χ0v) is 12.8. The Kier molecular flexibility index (Phi) is 4.42. The van der Waals surface area contributed by atoms with Crippen LogP contribution in [0.15, 0.2) is 12.4 Å². The summed E-state index contributed by atoms with van der Waals surface area (Å²) in [5.74, 6) is 0.386. The van der Waals surface area contributed by atoms with Crippen LogP contribution in [0.25, 0.3) is 0 Å². The summed E-state index contributed by atoms with van der Waals surface area (Å²) < 4.78 is 1.51. The number of carbonyl (C=O) groups is 2. The number of carbonyl (C=O) groups excluding carboxylic acids is 2. The summed E-state index contributed by atoms with van der Waals surface area (Å²) in [6, 6.07) is 1.21. The van der Waals surface area contributed by atoms with Crippen molar-refractivity contribution in [3.8, 4) is 0 Å². The molecule has 2 bridgehead atoms. The molecule has 2 aliphatic rings. The molecule has 2 aliphatic heterocycles. The maximum atomic E-state index is 12.2. The normalized spacial score (nSPS) is 26.7. The van der Waals surface area contributed by atoms with Gasteiger partial charge >= 0.3 is 0 Å². The lowest BCUT2D eigenvalue weighted by Crippen LogP contribution is -2.39. The summed E-state index contributed by atoms with van der Waals surface area (Å²) in [4.78, 5) is 23.4. The Morgan fingerprint density at radius 3 is 2.73 bits per heavy atom. The first-order valence-corrected chi connectivity index (χ1v) is 7.91. The van der Waals surface area contributed by atoms with E-state index in [4.69, 9.17) is 0 Å². The first-order chi connectivity index (χ1) is 10.6. The van der Waals surface area contributed by atoms with E-state index in [0.29, 0.717) is 30.1 Å². The van der Waals surface area contributed by atoms with Crippen LogP contribution in [0.2, 0.25) is 0 Å². The highest BCUT2D eigenvalue weighted by Gasteiger charge is 2.34. The fraction of sp³-hybridized carbons (Fsp3) is 0.667. The fourth-order valence-electron chi connectivity index (χ4n) is 3.56. The Hall–Kier alpha value is -1.89. The highest BCUT2D eigenvalue weighted by atomic mass is 16.2. The van der Waals surface area contributed by atoms with Crippen LogP contribution >= 0.6 is 0 Å². The molecule has 2 fully saturated rings. The smallest absolute Gasteiger partial charge is 0.241 e. The van der Waals surface area contributed by atoms with Gasteiger partial charge in [0.05, 0.1) is 11.9 Å². The average molecular weight is 305 g/mol. The molecule has 0 saturated carbocycles. The molecule has 0 radical (unpaired) electrons. The molecule has 1 aromatic rings. The van der Waals surface area contributed by atoms with Crippen molar-refractivity contribution in [3.63, 3.8) is 0 Å². The van der Waals surface area contributed by atoms with Gasteiger partial charge in [-0.1, -0.05) is 0 Å². The van der Waals surface area contributed by atoms with E-state index in [0.717, 1.165) is 12.8 Å². The molecule has 2 atom stereocenters. The largest absolute Gasteiger partial charge is 0.358 e. The molecule has 7 nitrogen and oxygen atoms in total. The number of nitrogens with one attached hydrogen (secondary N) is 3. The van der Waals surface area contributed by atoms with Gasteiger partial charge in [0, 0.05) is 31.7 Å². The van der Waals surface area contributed by atoms with Crippen molar-refractivity contribution in [2.45, 2.75) is 50.7 Å². The van der Waals surface area contributed by atoms with Gasteiger partial charge in [-0.05, 0) is 31.6 Å². The SMILES string of the molecule is CNC(=O)Cn1cc(NC(=O)CC2CC3CCC(C2)N3)cn1. The standard InChI is InChI=1S/C15H23N5O2/c1-16-15(22)9-20-8-13(7-17-20)19-14(21)6-10-4-11-2-3-12(5-10)18-11/h7-8,10-12,18H,2-6,9H2,1H3,(H,16,22)(H,19,21). The third-order valence-corrected chi connectivity index (χ3v) is 4.55. The van der Waals surface area contributed by atoms with E-state index in [2.05, 4.69) is 21.0 Å². The van der Waals surface area contributed by atoms with Crippen molar-refractivity contribution in [1.82, 2.24) is 20.4 Å². The number of nitrogens with zero attached hydrogens (tertiary/aromatic N) is 2. The summed E-state index contributed by atoms with van der Waals surface area (Å²) in [6.07, 6.45) is 8.51. The van der Waals surface area contributed by atoms with Gasteiger partial charge in [-0.2, -0.15) is 5.10 Å². The molecule has 2 unspecified atom stereocenters. The lowest BCUT2D eigenvalue weighted by atomic mass is 9.89. The summed E-state index contributed by atoms with van der Waals surface area (Å²) >= 11 is 0. The Balaban J connectivity index is 1.48. The van der Waals surface area contributed by atoms with Crippen molar-refractivity contribution < 1.29 is 9.59 Å². The van der Waals surface area contributed by atoms with Crippen molar-refractivity contribution >= 4 is 17.5 Å². The van der Waals surface area contributed by atoms with Crippen molar-refractivity contribution in [1.29, 1.82) is 0 Å². The van der Waals surface area contributed by atoms with Crippen LogP contribution in [0.4, 0.5) is 5.69 Å². The lowest BCUT2D eigenvalue weighted by molar-refractivity contribution is -0.121. The van der Waals surface area contributed by atoms with E-state index in [-0.39, 0.29) is 18.4 Å². The van der Waals surface area contributed by atoms with Crippen molar-refractivity contribution in [3.05, 3.63) is 12.4 Å².